The molecule has 6 heteroatoms. The van der Waals surface area contributed by atoms with Crippen molar-refractivity contribution in [1.29, 1.82) is 0 Å². The minimum absolute atomic E-state index is 0.0633. The zero-order valence-corrected chi connectivity index (χ0v) is 11.1. The summed E-state index contributed by atoms with van der Waals surface area (Å²) in [6.07, 6.45) is 0.874. The largest absolute Gasteiger partial charge is 0.382 e. The molecule has 1 heterocycles. The van der Waals surface area contributed by atoms with Crippen LogP contribution in [0.1, 0.15) is 33.6 Å². The summed E-state index contributed by atoms with van der Waals surface area (Å²) < 4.78 is 5.15. The molecule has 0 atom stereocenters. The van der Waals surface area contributed by atoms with Gasteiger partial charge in [0.2, 0.25) is 11.8 Å². The van der Waals surface area contributed by atoms with Crippen LogP contribution in [0, 0.1) is 0 Å². The normalized spacial score (nSPS) is 18.7. The lowest BCUT2D eigenvalue weighted by molar-refractivity contribution is -0.155. The minimum atomic E-state index is -0.976. The van der Waals surface area contributed by atoms with Crippen LogP contribution in [0.15, 0.2) is 0 Å². The molecule has 18 heavy (non-hydrogen) atoms. The Morgan fingerprint density at radius 1 is 1.44 bits per heavy atom. The van der Waals surface area contributed by atoms with Crippen molar-refractivity contribution in [1.82, 2.24) is 10.2 Å². The van der Waals surface area contributed by atoms with Gasteiger partial charge in [-0.05, 0) is 27.2 Å². The number of nitrogens with one attached hydrogen (secondary N) is 1. The van der Waals surface area contributed by atoms with Gasteiger partial charge in [-0.15, -0.1) is 0 Å². The van der Waals surface area contributed by atoms with Gasteiger partial charge in [0.05, 0.1) is 0 Å². The topological polar surface area (TPSA) is 75.7 Å². The van der Waals surface area contributed by atoms with Crippen molar-refractivity contribution in [2.75, 3.05) is 19.8 Å². The second-order valence-electron chi connectivity index (χ2n) is 4.72. The second-order valence-corrected chi connectivity index (χ2v) is 4.72. The lowest BCUT2D eigenvalue weighted by atomic mass is 9.98. The molecule has 0 spiro atoms. The Balaban J connectivity index is 2.59. The van der Waals surface area contributed by atoms with E-state index < -0.39 is 17.4 Å². The summed E-state index contributed by atoms with van der Waals surface area (Å²) in [6, 6.07) is 0. The number of rotatable bonds is 5. The Labute approximate surface area is 107 Å². The Bertz CT molecular complexity index is 352. The van der Waals surface area contributed by atoms with Gasteiger partial charge in [0.1, 0.15) is 12.1 Å². The highest BCUT2D eigenvalue weighted by molar-refractivity contribution is 6.06. The van der Waals surface area contributed by atoms with E-state index in [9.17, 15) is 14.4 Å². The number of carbonyl (C=O) groups excluding carboxylic acids is 3. The number of hydrogen-bond acceptors (Lipinski definition) is 4. The maximum absolute atomic E-state index is 12.0. The van der Waals surface area contributed by atoms with Crippen molar-refractivity contribution in [3.8, 4) is 0 Å². The van der Waals surface area contributed by atoms with Crippen molar-refractivity contribution < 1.29 is 19.1 Å². The van der Waals surface area contributed by atoms with Crippen molar-refractivity contribution in [3.63, 3.8) is 0 Å². The zero-order chi connectivity index (χ0) is 13.8. The molecule has 0 bridgehead atoms. The molecule has 0 saturated carbocycles. The molecule has 0 unspecified atom stereocenters. The van der Waals surface area contributed by atoms with Crippen molar-refractivity contribution in [3.05, 3.63) is 0 Å². The van der Waals surface area contributed by atoms with E-state index in [1.807, 2.05) is 6.92 Å². The molecular weight excluding hydrogens is 236 g/mol. The third kappa shape index (κ3) is 3.29. The number of ether oxygens (including phenoxy) is 1. The molecule has 1 aliphatic rings. The summed E-state index contributed by atoms with van der Waals surface area (Å²) in [5.74, 6) is -1.06. The van der Waals surface area contributed by atoms with Crippen LogP contribution in [0.2, 0.25) is 0 Å². The van der Waals surface area contributed by atoms with E-state index in [1.54, 1.807) is 13.8 Å². The van der Waals surface area contributed by atoms with E-state index in [2.05, 4.69) is 5.32 Å². The molecule has 0 aliphatic carbocycles. The Morgan fingerprint density at radius 3 is 2.72 bits per heavy atom. The van der Waals surface area contributed by atoms with E-state index in [-0.39, 0.29) is 18.9 Å². The Morgan fingerprint density at radius 2 is 2.11 bits per heavy atom. The highest BCUT2D eigenvalue weighted by Crippen LogP contribution is 2.19. The fourth-order valence-corrected chi connectivity index (χ4v) is 1.79. The quantitative estimate of drug-likeness (QED) is 0.558. The molecule has 6 nitrogen and oxygen atoms in total. The SMILES string of the molecule is CCOCCCC(=O)N1CC(=O)NC(=O)C1(C)C. The van der Waals surface area contributed by atoms with Gasteiger partial charge in [-0.1, -0.05) is 0 Å². The number of imide groups is 1. The van der Waals surface area contributed by atoms with Crippen molar-refractivity contribution in [2.24, 2.45) is 0 Å². The van der Waals surface area contributed by atoms with Gasteiger partial charge in [-0.25, -0.2) is 0 Å². The van der Waals surface area contributed by atoms with Crippen LogP contribution in [-0.2, 0) is 19.1 Å². The van der Waals surface area contributed by atoms with Crippen LogP contribution in [0.4, 0.5) is 0 Å². The van der Waals surface area contributed by atoms with Gasteiger partial charge in [0, 0.05) is 19.6 Å². The van der Waals surface area contributed by atoms with Crippen LogP contribution in [0.5, 0.6) is 0 Å². The first-order chi connectivity index (χ1) is 8.39. The molecule has 102 valence electrons. The molecule has 1 saturated heterocycles. The van der Waals surface area contributed by atoms with Crippen LogP contribution < -0.4 is 5.32 Å². The van der Waals surface area contributed by atoms with Gasteiger partial charge < -0.3 is 9.64 Å². The molecule has 0 aromatic heterocycles. The van der Waals surface area contributed by atoms with Crippen LogP contribution in [0.3, 0.4) is 0 Å². The summed E-state index contributed by atoms with van der Waals surface area (Å²) in [5, 5.41) is 2.23. The predicted molar refractivity (Wildman–Crippen MR) is 64.7 cm³/mol. The van der Waals surface area contributed by atoms with E-state index in [4.69, 9.17) is 4.74 Å². The van der Waals surface area contributed by atoms with E-state index in [1.165, 1.54) is 4.90 Å². The maximum Gasteiger partial charge on any atom is 0.252 e. The number of nitrogens with zero attached hydrogens (tertiary/aromatic N) is 1. The third-order valence-electron chi connectivity index (χ3n) is 2.97. The second kappa shape index (κ2) is 5.95. The first-order valence-electron chi connectivity index (χ1n) is 6.12. The monoisotopic (exact) mass is 256 g/mol. The van der Waals surface area contributed by atoms with E-state index in [0.717, 1.165) is 0 Å². The van der Waals surface area contributed by atoms with Crippen molar-refractivity contribution >= 4 is 17.7 Å². The predicted octanol–water partition coefficient (Wildman–Crippen LogP) is 0.0667. The summed E-state index contributed by atoms with van der Waals surface area (Å²) in [5.41, 5.74) is -0.976. The van der Waals surface area contributed by atoms with Gasteiger partial charge in [0.15, 0.2) is 0 Å². The smallest absolute Gasteiger partial charge is 0.252 e. The van der Waals surface area contributed by atoms with Crippen LogP contribution >= 0.6 is 0 Å². The molecule has 0 radical (unpaired) electrons. The molecule has 3 amide bonds. The highest BCUT2D eigenvalue weighted by Gasteiger charge is 2.42. The molecule has 1 rings (SSSR count). The van der Waals surface area contributed by atoms with Gasteiger partial charge >= 0.3 is 0 Å². The maximum atomic E-state index is 12.0. The van der Waals surface area contributed by atoms with Gasteiger partial charge in [-0.2, -0.15) is 0 Å². The molecule has 1 N–H and O–H groups in total. The fourth-order valence-electron chi connectivity index (χ4n) is 1.79. The fraction of sp³-hybridized carbons (Fsp3) is 0.750. The van der Waals surface area contributed by atoms with Gasteiger partial charge in [-0.3, -0.25) is 19.7 Å². The third-order valence-corrected chi connectivity index (χ3v) is 2.97. The van der Waals surface area contributed by atoms with E-state index in [0.29, 0.717) is 19.6 Å². The average Bonchev–Trinajstić information content (AvgIpc) is 2.29. The van der Waals surface area contributed by atoms with Crippen LogP contribution in [0.25, 0.3) is 0 Å². The summed E-state index contributed by atoms with van der Waals surface area (Å²) in [6.45, 7) is 6.22. The number of amides is 3. The Kier molecular flexibility index (Phi) is 4.84. The van der Waals surface area contributed by atoms with Crippen molar-refractivity contribution in [2.45, 2.75) is 39.2 Å². The zero-order valence-electron chi connectivity index (χ0n) is 11.1. The first-order valence-corrected chi connectivity index (χ1v) is 6.12. The van der Waals surface area contributed by atoms with Gasteiger partial charge in [0.25, 0.3) is 5.91 Å². The highest BCUT2D eigenvalue weighted by atomic mass is 16.5. The summed E-state index contributed by atoms with van der Waals surface area (Å²) in [7, 11) is 0. The molecule has 1 aliphatic heterocycles. The Hall–Kier alpha value is -1.43. The average molecular weight is 256 g/mol. The van der Waals surface area contributed by atoms with E-state index >= 15 is 0 Å². The number of hydrogen-bond donors (Lipinski definition) is 1. The molecular formula is C12H20N2O4. The number of carbonyl (C=O) groups is 3. The molecule has 0 aromatic rings. The summed E-state index contributed by atoms with van der Waals surface area (Å²) >= 11 is 0. The standard InChI is InChI=1S/C12H20N2O4/c1-4-18-7-5-6-10(16)14-8-9(15)13-11(17)12(14,2)3/h4-8H2,1-3H3,(H,13,15,17). The lowest BCUT2D eigenvalue weighted by Crippen LogP contribution is -2.65. The first kappa shape index (κ1) is 14.6. The molecule has 1 fully saturated rings. The lowest BCUT2D eigenvalue weighted by Gasteiger charge is -2.40. The number of piperazine rings is 1. The molecule has 0 aromatic carbocycles. The minimum Gasteiger partial charge on any atom is -0.382 e. The van der Waals surface area contributed by atoms with Crippen LogP contribution in [-0.4, -0.2) is 47.9 Å². The summed E-state index contributed by atoms with van der Waals surface area (Å²) in [4.78, 5) is 36.3.